The number of alkyl halides is 3. The van der Waals surface area contributed by atoms with E-state index in [0.717, 1.165) is 23.3 Å². The Hall–Kier alpha value is -1.97. The quantitative estimate of drug-likeness (QED) is 0.777. The van der Waals surface area contributed by atoms with Crippen molar-refractivity contribution in [2.45, 2.75) is 26.6 Å². The Labute approximate surface area is 116 Å². The molecule has 0 fully saturated rings. The minimum absolute atomic E-state index is 0.119. The van der Waals surface area contributed by atoms with Crippen molar-refractivity contribution in [3.8, 4) is 5.75 Å². The van der Waals surface area contributed by atoms with Crippen LogP contribution < -0.4 is 4.74 Å². The molecule has 0 aliphatic heterocycles. The zero-order chi connectivity index (χ0) is 14.8. The van der Waals surface area contributed by atoms with Gasteiger partial charge in [0.1, 0.15) is 12.4 Å². The number of hydrogen-bond acceptors (Lipinski definition) is 1. The van der Waals surface area contributed by atoms with E-state index in [0.29, 0.717) is 11.3 Å². The molecule has 0 N–H and O–H groups in total. The van der Waals surface area contributed by atoms with Gasteiger partial charge in [0.05, 0.1) is 5.56 Å². The van der Waals surface area contributed by atoms with E-state index in [4.69, 9.17) is 4.74 Å². The molecule has 20 heavy (non-hydrogen) atoms. The van der Waals surface area contributed by atoms with Crippen molar-refractivity contribution in [1.29, 1.82) is 0 Å². The second kappa shape index (κ2) is 5.57. The molecule has 4 heteroatoms. The monoisotopic (exact) mass is 280 g/mol. The fraction of sp³-hybridized carbons (Fsp3) is 0.250. The van der Waals surface area contributed by atoms with Gasteiger partial charge in [0.15, 0.2) is 0 Å². The zero-order valence-electron chi connectivity index (χ0n) is 11.3. The van der Waals surface area contributed by atoms with Gasteiger partial charge >= 0.3 is 6.18 Å². The van der Waals surface area contributed by atoms with Gasteiger partial charge in [0.25, 0.3) is 0 Å². The first-order valence-corrected chi connectivity index (χ1v) is 6.22. The van der Waals surface area contributed by atoms with Crippen molar-refractivity contribution in [2.24, 2.45) is 0 Å². The lowest BCUT2D eigenvalue weighted by Gasteiger charge is -2.12. The summed E-state index contributed by atoms with van der Waals surface area (Å²) in [4.78, 5) is 0. The molecule has 106 valence electrons. The van der Waals surface area contributed by atoms with Crippen molar-refractivity contribution in [3.63, 3.8) is 0 Å². The molecule has 1 nitrogen and oxygen atoms in total. The third-order valence-corrected chi connectivity index (χ3v) is 2.99. The maximum absolute atomic E-state index is 12.6. The van der Waals surface area contributed by atoms with Crippen LogP contribution in [0.2, 0.25) is 0 Å². The van der Waals surface area contributed by atoms with Crippen LogP contribution in [0.5, 0.6) is 5.75 Å². The summed E-state index contributed by atoms with van der Waals surface area (Å²) in [6.07, 6.45) is -4.32. The standard InChI is InChI=1S/C16H15F3O/c1-11-6-7-12(2)15(8-11)20-10-13-4-3-5-14(9-13)16(17,18)19/h3-9H,10H2,1-2H3. The highest BCUT2D eigenvalue weighted by molar-refractivity contribution is 5.36. The molecule has 0 bridgehead atoms. The van der Waals surface area contributed by atoms with E-state index in [1.54, 1.807) is 6.07 Å². The Morgan fingerprint density at radius 2 is 1.75 bits per heavy atom. The van der Waals surface area contributed by atoms with Crippen LogP contribution in [0.25, 0.3) is 0 Å². The zero-order valence-corrected chi connectivity index (χ0v) is 11.3. The summed E-state index contributed by atoms with van der Waals surface area (Å²) in [5.41, 5.74) is 1.86. The molecule has 2 aromatic rings. The fourth-order valence-electron chi connectivity index (χ4n) is 1.86. The summed E-state index contributed by atoms with van der Waals surface area (Å²) in [7, 11) is 0. The smallest absolute Gasteiger partial charge is 0.416 e. The molecule has 0 saturated heterocycles. The average molecular weight is 280 g/mol. The second-order valence-corrected chi connectivity index (χ2v) is 4.76. The van der Waals surface area contributed by atoms with Gasteiger partial charge in [-0.1, -0.05) is 24.3 Å². The SMILES string of the molecule is Cc1ccc(C)c(OCc2cccc(C(F)(F)F)c2)c1. The van der Waals surface area contributed by atoms with Crippen LogP contribution in [-0.2, 0) is 12.8 Å². The first-order chi connectivity index (χ1) is 9.36. The Bertz CT molecular complexity index is 603. The van der Waals surface area contributed by atoms with Crippen LogP contribution in [-0.4, -0.2) is 0 Å². The van der Waals surface area contributed by atoms with E-state index in [2.05, 4.69) is 0 Å². The number of rotatable bonds is 3. The van der Waals surface area contributed by atoms with E-state index in [9.17, 15) is 13.2 Å². The highest BCUT2D eigenvalue weighted by Gasteiger charge is 2.30. The summed E-state index contributed by atoms with van der Waals surface area (Å²) in [5.74, 6) is 0.697. The highest BCUT2D eigenvalue weighted by Crippen LogP contribution is 2.30. The molecule has 0 radical (unpaired) electrons. The summed E-state index contributed by atoms with van der Waals surface area (Å²) < 4.78 is 43.4. The summed E-state index contributed by atoms with van der Waals surface area (Å²) in [5, 5.41) is 0. The van der Waals surface area contributed by atoms with E-state index in [1.807, 2.05) is 32.0 Å². The first-order valence-electron chi connectivity index (χ1n) is 6.22. The van der Waals surface area contributed by atoms with Gasteiger partial charge in [-0.3, -0.25) is 0 Å². The number of halogens is 3. The summed E-state index contributed by atoms with van der Waals surface area (Å²) in [6.45, 7) is 3.96. The van der Waals surface area contributed by atoms with Crippen molar-refractivity contribution in [3.05, 3.63) is 64.7 Å². The number of hydrogen-bond donors (Lipinski definition) is 0. The molecule has 0 saturated carbocycles. The molecule has 0 atom stereocenters. The maximum atomic E-state index is 12.6. The fourth-order valence-corrected chi connectivity index (χ4v) is 1.86. The molecule has 0 aliphatic carbocycles. The van der Waals surface area contributed by atoms with Crippen molar-refractivity contribution >= 4 is 0 Å². The van der Waals surface area contributed by atoms with Gasteiger partial charge in [0, 0.05) is 0 Å². The lowest BCUT2D eigenvalue weighted by atomic mass is 10.1. The lowest BCUT2D eigenvalue weighted by Crippen LogP contribution is -2.06. The normalized spacial score (nSPS) is 11.4. The predicted octanol–water partition coefficient (Wildman–Crippen LogP) is 4.90. The van der Waals surface area contributed by atoms with Crippen LogP contribution in [0.15, 0.2) is 42.5 Å². The minimum Gasteiger partial charge on any atom is -0.489 e. The van der Waals surface area contributed by atoms with Crippen LogP contribution in [0, 0.1) is 13.8 Å². The molecule has 2 rings (SSSR count). The molecule has 2 aromatic carbocycles. The topological polar surface area (TPSA) is 9.23 Å². The van der Waals surface area contributed by atoms with Crippen LogP contribution in [0.1, 0.15) is 22.3 Å². The number of benzene rings is 2. The second-order valence-electron chi connectivity index (χ2n) is 4.76. The van der Waals surface area contributed by atoms with E-state index in [-0.39, 0.29) is 6.61 Å². The number of ether oxygens (including phenoxy) is 1. The average Bonchev–Trinajstić information content (AvgIpc) is 2.39. The molecule has 0 unspecified atom stereocenters. The predicted molar refractivity (Wildman–Crippen MR) is 71.7 cm³/mol. The Balaban J connectivity index is 2.13. The Kier molecular flexibility index (Phi) is 4.02. The third-order valence-electron chi connectivity index (χ3n) is 2.99. The molecule has 0 aliphatic rings. The minimum atomic E-state index is -4.32. The molecule has 0 heterocycles. The lowest BCUT2D eigenvalue weighted by molar-refractivity contribution is -0.137. The Morgan fingerprint density at radius 3 is 2.45 bits per heavy atom. The third kappa shape index (κ3) is 3.53. The summed E-state index contributed by atoms with van der Waals surface area (Å²) in [6, 6.07) is 11.0. The van der Waals surface area contributed by atoms with Crippen molar-refractivity contribution in [2.75, 3.05) is 0 Å². The first kappa shape index (κ1) is 14.4. The van der Waals surface area contributed by atoms with Crippen molar-refractivity contribution < 1.29 is 17.9 Å². The van der Waals surface area contributed by atoms with Gasteiger partial charge in [-0.2, -0.15) is 13.2 Å². The van der Waals surface area contributed by atoms with Crippen LogP contribution in [0.4, 0.5) is 13.2 Å². The van der Waals surface area contributed by atoms with E-state index < -0.39 is 11.7 Å². The van der Waals surface area contributed by atoms with Gasteiger partial charge in [0.2, 0.25) is 0 Å². The molecular weight excluding hydrogens is 265 g/mol. The van der Waals surface area contributed by atoms with Gasteiger partial charge in [-0.05, 0) is 48.7 Å². The van der Waals surface area contributed by atoms with Crippen molar-refractivity contribution in [1.82, 2.24) is 0 Å². The van der Waals surface area contributed by atoms with Crippen LogP contribution >= 0.6 is 0 Å². The largest absolute Gasteiger partial charge is 0.489 e. The van der Waals surface area contributed by atoms with Gasteiger partial charge in [-0.25, -0.2) is 0 Å². The molecule has 0 spiro atoms. The summed E-state index contributed by atoms with van der Waals surface area (Å²) >= 11 is 0. The number of aryl methyl sites for hydroxylation is 2. The van der Waals surface area contributed by atoms with Gasteiger partial charge < -0.3 is 4.74 Å². The van der Waals surface area contributed by atoms with Crippen LogP contribution in [0.3, 0.4) is 0 Å². The van der Waals surface area contributed by atoms with Gasteiger partial charge in [-0.15, -0.1) is 0 Å². The van der Waals surface area contributed by atoms with E-state index in [1.165, 1.54) is 6.07 Å². The molecular formula is C16H15F3O. The van der Waals surface area contributed by atoms with E-state index >= 15 is 0 Å². The Morgan fingerprint density at radius 1 is 1.00 bits per heavy atom. The molecule has 0 amide bonds. The maximum Gasteiger partial charge on any atom is 0.416 e. The molecule has 0 aromatic heterocycles. The highest BCUT2D eigenvalue weighted by atomic mass is 19.4.